The summed E-state index contributed by atoms with van der Waals surface area (Å²) < 4.78 is 1.31. The SMILES string of the molecule is CC(C)c1cccc(C(C)C)c1NC(=O)Cn1cc(Cl)ccc1=O. The molecule has 0 unspecified atom stereocenters. The molecule has 0 aliphatic carbocycles. The average molecular weight is 347 g/mol. The number of aromatic nitrogens is 1. The number of carbonyl (C=O) groups is 1. The Morgan fingerprint density at radius 2 is 1.67 bits per heavy atom. The molecule has 5 heteroatoms. The molecule has 24 heavy (non-hydrogen) atoms. The van der Waals surface area contributed by atoms with Gasteiger partial charge in [-0.3, -0.25) is 9.59 Å². The van der Waals surface area contributed by atoms with Crippen molar-refractivity contribution in [2.75, 3.05) is 5.32 Å². The van der Waals surface area contributed by atoms with Crippen molar-refractivity contribution >= 4 is 23.2 Å². The summed E-state index contributed by atoms with van der Waals surface area (Å²) in [6, 6.07) is 8.94. The second-order valence-electron chi connectivity index (χ2n) is 6.48. The third-order valence-corrected chi connectivity index (χ3v) is 4.12. The Bertz CT molecular complexity index is 768. The first kappa shape index (κ1) is 18.3. The summed E-state index contributed by atoms with van der Waals surface area (Å²) in [5.41, 5.74) is 2.78. The summed E-state index contributed by atoms with van der Waals surface area (Å²) in [6.07, 6.45) is 1.47. The summed E-state index contributed by atoms with van der Waals surface area (Å²) in [5, 5.41) is 3.42. The molecule has 0 aliphatic heterocycles. The molecule has 1 N–H and O–H groups in total. The Morgan fingerprint density at radius 3 is 2.21 bits per heavy atom. The number of para-hydroxylation sites is 1. The van der Waals surface area contributed by atoms with E-state index in [9.17, 15) is 9.59 Å². The molecular formula is C19H23ClN2O2. The maximum Gasteiger partial charge on any atom is 0.251 e. The molecule has 128 valence electrons. The monoisotopic (exact) mass is 346 g/mol. The standard InChI is InChI=1S/C19H23ClN2O2/c1-12(2)15-6-5-7-16(13(3)4)19(15)21-17(23)11-22-10-14(20)8-9-18(22)24/h5-10,12-13H,11H2,1-4H3,(H,21,23). The highest BCUT2D eigenvalue weighted by Crippen LogP contribution is 2.32. The van der Waals surface area contributed by atoms with Crippen LogP contribution in [0.25, 0.3) is 0 Å². The van der Waals surface area contributed by atoms with Crippen LogP contribution in [0.1, 0.15) is 50.7 Å². The summed E-state index contributed by atoms with van der Waals surface area (Å²) in [7, 11) is 0. The topological polar surface area (TPSA) is 51.1 Å². The van der Waals surface area contributed by atoms with E-state index in [4.69, 9.17) is 11.6 Å². The van der Waals surface area contributed by atoms with E-state index >= 15 is 0 Å². The van der Waals surface area contributed by atoms with Crippen LogP contribution in [0.3, 0.4) is 0 Å². The molecule has 1 aromatic carbocycles. The fraction of sp³-hybridized carbons (Fsp3) is 0.368. The number of pyridine rings is 1. The Hall–Kier alpha value is -2.07. The Morgan fingerprint density at radius 1 is 1.08 bits per heavy atom. The predicted octanol–water partition coefficient (Wildman–Crippen LogP) is 4.39. The number of hydrogen-bond acceptors (Lipinski definition) is 2. The van der Waals surface area contributed by atoms with Gasteiger partial charge in [-0.2, -0.15) is 0 Å². The van der Waals surface area contributed by atoms with Gasteiger partial charge in [-0.15, -0.1) is 0 Å². The van der Waals surface area contributed by atoms with Crippen LogP contribution in [-0.4, -0.2) is 10.5 Å². The molecule has 2 aromatic rings. The third kappa shape index (κ3) is 4.26. The fourth-order valence-electron chi connectivity index (χ4n) is 2.65. The molecular weight excluding hydrogens is 324 g/mol. The van der Waals surface area contributed by atoms with Crippen molar-refractivity contribution < 1.29 is 4.79 Å². The van der Waals surface area contributed by atoms with Crippen molar-refractivity contribution in [3.63, 3.8) is 0 Å². The first-order chi connectivity index (χ1) is 11.3. The molecule has 1 aromatic heterocycles. The molecule has 0 spiro atoms. The van der Waals surface area contributed by atoms with Gasteiger partial charge < -0.3 is 9.88 Å². The predicted molar refractivity (Wildman–Crippen MR) is 99.0 cm³/mol. The second kappa shape index (κ2) is 7.67. The number of benzene rings is 1. The molecule has 0 atom stereocenters. The third-order valence-electron chi connectivity index (χ3n) is 3.90. The summed E-state index contributed by atoms with van der Waals surface area (Å²) in [4.78, 5) is 24.3. The number of amides is 1. The molecule has 0 radical (unpaired) electrons. The van der Waals surface area contributed by atoms with E-state index in [-0.39, 0.29) is 29.8 Å². The van der Waals surface area contributed by atoms with E-state index in [0.717, 1.165) is 16.8 Å². The van der Waals surface area contributed by atoms with Crippen molar-refractivity contribution in [3.8, 4) is 0 Å². The van der Waals surface area contributed by atoms with Crippen LogP contribution in [-0.2, 0) is 11.3 Å². The van der Waals surface area contributed by atoms with E-state index in [1.165, 1.54) is 22.9 Å². The summed E-state index contributed by atoms with van der Waals surface area (Å²) in [5.74, 6) is 0.329. The largest absolute Gasteiger partial charge is 0.324 e. The normalized spacial score (nSPS) is 11.1. The van der Waals surface area contributed by atoms with Gasteiger partial charge in [0.2, 0.25) is 5.91 Å². The molecule has 0 bridgehead atoms. The highest BCUT2D eigenvalue weighted by Gasteiger charge is 2.16. The number of carbonyl (C=O) groups excluding carboxylic acids is 1. The lowest BCUT2D eigenvalue weighted by Crippen LogP contribution is -2.27. The Kier molecular flexibility index (Phi) is 5.84. The van der Waals surface area contributed by atoms with Crippen LogP contribution in [0.5, 0.6) is 0 Å². The van der Waals surface area contributed by atoms with Gasteiger partial charge in [0.05, 0.1) is 5.02 Å². The number of nitrogens with zero attached hydrogens (tertiary/aromatic N) is 1. The van der Waals surface area contributed by atoms with Gasteiger partial charge in [0, 0.05) is 18.0 Å². The average Bonchev–Trinajstić information content (AvgIpc) is 2.50. The number of hydrogen-bond donors (Lipinski definition) is 1. The van der Waals surface area contributed by atoms with Crippen molar-refractivity contribution in [3.05, 3.63) is 63.0 Å². The van der Waals surface area contributed by atoms with Crippen molar-refractivity contribution in [1.82, 2.24) is 4.57 Å². The van der Waals surface area contributed by atoms with Gasteiger partial charge in [-0.05, 0) is 29.0 Å². The van der Waals surface area contributed by atoms with E-state index in [1.807, 2.05) is 18.2 Å². The van der Waals surface area contributed by atoms with Gasteiger partial charge in [0.15, 0.2) is 0 Å². The van der Waals surface area contributed by atoms with Crippen LogP contribution in [0, 0.1) is 0 Å². The van der Waals surface area contributed by atoms with E-state index in [1.54, 1.807) is 0 Å². The van der Waals surface area contributed by atoms with Gasteiger partial charge in [-0.25, -0.2) is 0 Å². The zero-order valence-electron chi connectivity index (χ0n) is 14.5. The van der Waals surface area contributed by atoms with Gasteiger partial charge in [0.1, 0.15) is 6.54 Å². The fourth-order valence-corrected chi connectivity index (χ4v) is 2.84. The van der Waals surface area contributed by atoms with E-state index in [2.05, 4.69) is 33.0 Å². The first-order valence-corrected chi connectivity index (χ1v) is 8.46. The van der Waals surface area contributed by atoms with Crippen LogP contribution in [0.2, 0.25) is 5.02 Å². The van der Waals surface area contributed by atoms with Gasteiger partial charge >= 0.3 is 0 Å². The first-order valence-electron chi connectivity index (χ1n) is 8.08. The Balaban J connectivity index is 2.31. The number of nitrogens with one attached hydrogen (secondary N) is 1. The van der Waals surface area contributed by atoms with Crippen molar-refractivity contribution in [2.45, 2.75) is 46.1 Å². The zero-order chi connectivity index (χ0) is 17.9. The molecule has 2 rings (SSSR count). The minimum atomic E-state index is -0.254. The van der Waals surface area contributed by atoms with E-state index in [0.29, 0.717) is 5.02 Å². The number of halogens is 1. The lowest BCUT2D eigenvalue weighted by Gasteiger charge is -2.20. The second-order valence-corrected chi connectivity index (χ2v) is 6.92. The molecule has 4 nitrogen and oxygen atoms in total. The maximum atomic E-state index is 12.5. The van der Waals surface area contributed by atoms with E-state index < -0.39 is 0 Å². The lowest BCUT2D eigenvalue weighted by atomic mass is 9.92. The van der Waals surface area contributed by atoms with Crippen LogP contribution < -0.4 is 10.9 Å². The minimum absolute atomic E-state index is 0.0661. The van der Waals surface area contributed by atoms with Crippen LogP contribution in [0.4, 0.5) is 5.69 Å². The molecule has 0 fully saturated rings. The van der Waals surface area contributed by atoms with Gasteiger partial charge in [-0.1, -0.05) is 57.5 Å². The van der Waals surface area contributed by atoms with Gasteiger partial charge in [0.25, 0.3) is 5.56 Å². The zero-order valence-corrected chi connectivity index (χ0v) is 15.2. The number of rotatable bonds is 5. The minimum Gasteiger partial charge on any atom is -0.324 e. The maximum absolute atomic E-state index is 12.5. The molecule has 0 aliphatic rings. The van der Waals surface area contributed by atoms with Crippen LogP contribution in [0.15, 0.2) is 41.3 Å². The number of anilines is 1. The molecule has 0 saturated heterocycles. The summed E-state index contributed by atoms with van der Waals surface area (Å²) >= 11 is 5.90. The smallest absolute Gasteiger partial charge is 0.251 e. The Labute approximate surface area is 147 Å². The summed E-state index contributed by atoms with van der Waals surface area (Å²) in [6.45, 7) is 8.31. The highest BCUT2D eigenvalue weighted by molar-refractivity contribution is 6.30. The lowest BCUT2D eigenvalue weighted by molar-refractivity contribution is -0.116. The van der Waals surface area contributed by atoms with Crippen LogP contribution >= 0.6 is 11.6 Å². The molecule has 1 amide bonds. The quantitative estimate of drug-likeness (QED) is 0.873. The van der Waals surface area contributed by atoms with Crippen molar-refractivity contribution in [2.24, 2.45) is 0 Å². The van der Waals surface area contributed by atoms with Crippen molar-refractivity contribution in [1.29, 1.82) is 0 Å². The molecule has 0 saturated carbocycles. The molecule has 1 heterocycles. The highest BCUT2D eigenvalue weighted by atomic mass is 35.5.